The second-order valence-corrected chi connectivity index (χ2v) is 5.13. The number of nitrogens with zero attached hydrogens (tertiary/aromatic N) is 1. The highest BCUT2D eigenvalue weighted by Gasteiger charge is 2.38. The summed E-state index contributed by atoms with van der Waals surface area (Å²) in [7, 11) is 3.01. The van der Waals surface area contributed by atoms with Crippen LogP contribution in [0.3, 0.4) is 0 Å². The maximum Gasteiger partial charge on any atom is 0.262 e. The summed E-state index contributed by atoms with van der Waals surface area (Å²) in [4.78, 5) is 14.4. The third-order valence-electron chi connectivity index (χ3n) is 3.79. The average Bonchev–Trinajstić information content (AvgIpc) is 2.57. The van der Waals surface area contributed by atoms with Gasteiger partial charge in [0, 0.05) is 25.6 Å². The fourth-order valence-corrected chi connectivity index (χ4v) is 2.70. The number of carbonyl (C=O) groups excluding carboxylic acids is 1. The molecule has 0 unspecified atom stereocenters. The number of amides is 1. The van der Waals surface area contributed by atoms with E-state index < -0.39 is 12.5 Å². The van der Waals surface area contributed by atoms with Gasteiger partial charge in [0.2, 0.25) is 0 Å². The van der Waals surface area contributed by atoms with Crippen molar-refractivity contribution in [3.05, 3.63) is 59.9 Å². The largest absolute Gasteiger partial charge is 0.360 e. The molecular formula is C17H17FN2O3. The molecule has 3 rings (SSSR count). The van der Waals surface area contributed by atoms with Gasteiger partial charge < -0.3 is 14.8 Å². The van der Waals surface area contributed by atoms with Crippen LogP contribution in [-0.4, -0.2) is 32.6 Å². The van der Waals surface area contributed by atoms with E-state index in [9.17, 15) is 9.18 Å². The van der Waals surface area contributed by atoms with E-state index in [2.05, 4.69) is 5.32 Å². The van der Waals surface area contributed by atoms with Crippen molar-refractivity contribution in [3.8, 4) is 0 Å². The highest BCUT2D eigenvalue weighted by Crippen LogP contribution is 2.31. The molecule has 23 heavy (non-hydrogen) atoms. The third kappa shape index (κ3) is 2.78. The molecule has 0 bridgehead atoms. The predicted molar refractivity (Wildman–Crippen MR) is 84.9 cm³/mol. The summed E-state index contributed by atoms with van der Waals surface area (Å²) in [6.07, 6.45) is -1.25. The van der Waals surface area contributed by atoms with Crippen molar-refractivity contribution in [1.29, 1.82) is 0 Å². The number of methoxy groups -OCH3 is 2. The number of nitrogens with one attached hydrogen (secondary N) is 1. The number of hydrogen-bond donors (Lipinski definition) is 1. The lowest BCUT2D eigenvalue weighted by Crippen LogP contribution is -2.56. The van der Waals surface area contributed by atoms with Crippen LogP contribution in [0.5, 0.6) is 0 Å². The third-order valence-corrected chi connectivity index (χ3v) is 3.79. The molecule has 5 nitrogen and oxygen atoms in total. The average molecular weight is 316 g/mol. The van der Waals surface area contributed by atoms with Crippen LogP contribution in [0.25, 0.3) is 0 Å². The molecule has 0 saturated carbocycles. The first-order chi connectivity index (χ1) is 11.2. The molecule has 0 spiro atoms. The van der Waals surface area contributed by atoms with Crippen molar-refractivity contribution in [2.24, 2.45) is 0 Å². The number of rotatable bonds is 4. The van der Waals surface area contributed by atoms with Crippen molar-refractivity contribution in [2.75, 3.05) is 24.4 Å². The highest BCUT2D eigenvalue weighted by molar-refractivity contribution is 6.12. The molecule has 0 aliphatic carbocycles. The summed E-state index contributed by atoms with van der Waals surface area (Å²) in [5.41, 5.74) is 1.81. The van der Waals surface area contributed by atoms with E-state index in [4.69, 9.17) is 9.47 Å². The van der Waals surface area contributed by atoms with Gasteiger partial charge in [-0.05, 0) is 36.4 Å². The number of ether oxygens (including phenoxy) is 2. The maximum absolute atomic E-state index is 13.2. The number of benzene rings is 2. The Labute approximate surface area is 133 Å². The van der Waals surface area contributed by atoms with Crippen LogP contribution in [0, 0.1) is 5.82 Å². The molecule has 120 valence electrons. The minimum Gasteiger partial charge on any atom is -0.360 e. The van der Waals surface area contributed by atoms with Crippen LogP contribution in [0.15, 0.2) is 48.5 Å². The number of hydrogen-bond acceptors (Lipinski definition) is 4. The van der Waals surface area contributed by atoms with Gasteiger partial charge >= 0.3 is 0 Å². The Hall–Kier alpha value is -2.44. The van der Waals surface area contributed by atoms with E-state index in [-0.39, 0.29) is 11.7 Å². The molecule has 2 aromatic rings. The van der Waals surface area contributed by atoms with Gasteiger partial charge in [-0.15, -0.1) is 0 Å². The van der Waals surface area contributed by atoms with Gasteiger partial charge in [0.15, 0.2) is 12.5 Å². The molecule has 1 atom stereocenters. The quantitative estimate of drug-likeness (QED) is 0.881. The van der Waals surface area contributed by atoms with Crippen molar-refractivity contribution in [3.63, 3.8) is 0 Å². The number of fused-ring (bicyclic) bond motifs is 1. The van der Waals surface area contributed by atoms with Crippen molar-refractivity contribution in [1.82, 2.24) is 0 Å². The van der Waals surface area contributed by atoms with Gasteiger partial charge in [-0.2, -0.15) is 0 Å². The van der Waals surface area contributed by atoms with Gasteiger partial charge in [-0.1, -0.05) is 12.1 Å². The van der Waals surface area contributed by atoms with Gasteiger partial charge in [-0.3, -0.25) is 9.69 Å². The van der Waals surface area contributed by atoms with E-state index in [0.717, 1.165) is 0 Å². The normalized spacial score (nSPS) is 17.1. The van der Waals surface area contributed by atoms with Crippen LogP contribution in [0.1, 0.15) is 10.4 Å². The van der Waals surface area contributed by atoms with Crippen LogP contribution < -0.4 is 10.2 Å². The topological polar surface area (TPSA) is 50.8 Å². The molecule has 0 aromatic heterocycles. The molecule has 2 aromatic carbocycles. The zero-order valence-corrected chi connectivity index (χ0v) is 12.8. The smallest absolute Gasteiger partial charge is 0.262 e. The first kappa shape index (κ1) is 15.5. The van der Waals surface area contributed by atoms with Gasteiger partial charge in [-0.25, -0.2) is 4.39 Å². The molecule has 1 aliphatic rings. The Bertz CT molecular complexity index is 701. The Kier molecular flexibility index (Phi) is 4.27. The second kappa shape index (κ2) is 6.36. The van der Waals surface area contributed by atoms with Crippen molar-refractivity contribution in [2.45, 2.75) is 12.5 Å². The zero-order valence-electron chi connectivity index (χ0n) is 12.8. The number of para-hydroxylation sites is 1. The minimum atomic E-state index is -0.683. The van der Waals surface area contributed by atoms with E-state index in [0.29, 0.717) is 16.9 Å². The van der Waals surface area contributed by atoms with Crippen molar-refractivity contribution >= 4 is 17.3 Å². The summed E-state index contributed by atoms with van der Waals surface area (Å²) in [6, 6.07) is 12.9. The highest BCUT2D eigenvalue weighted by atomic mass is 19.1. The Morgan fingerprint density at radius 1 is 1.09 bits per heavy atom. The van der Waals surface area contributed by atoms with Gasteiger partial charge in [0.05, 0.1) is 5.56 Å². The summed E-state index contributed by atoms with van der Waals surface area (Å²) < 4.78 is 23.9. The van der Waals surface area contributed by atoms with Crippen LogP contribution >= 0.6 is 0 Å². The zero-order chi connectivity index (χ0) is 16.4. The van der Waals surface area contributed by atoms with Crippen LogP contribution in [0.2, 0.25) is 0 Å². The number of anilines is 2. The molecule has 0 radical (unpaired) electrons. The number of halogens is 1. The Morgan fingerprint density at radius 3 is 2.39 bits per heavy atom. The first-order valence-corrected chi connectivity index (χ1v) is 7.16. The summed E-state index contributed by atoms with van der Waals surface area (Å²) >= 11 is 0. The van der Waals surface area contributed by atoms with E-state index in [1.165, 1.54) is 31.3 Å². The summed E-state index contributed by atoms with van der Waals surface area (Å²) in [5.74, 6) is -0.562. The summed E-state index contributed by atoms with van der Waals surface area (Å²) in [6.45, 7) is 0. The monoisotopic (exact) mass is 316 g/mol. The standard InChI is InChI=1S/C17H17FN2O3/c1-22-17(23-2)15-19-14-6-4-3-5-13(14)16(21)20(15)12-9-7-11(18)8-10-12/h3-10,15,17,19H,1-2H3/t15-/m1/s1. The fraction of sp³-hybridized carbons (Fsp3) is 0.235. The predicted octanol–water partition coefficient (Wildman–Crippen LogP) is 2.84. The maximum atomic E-state index is 13.2. The fourth-order valence-electron chi connectivity index (χ4n) is 2.70. The Morgan fingerprint density at radius 2 is 1.74 bits per heavy atom. The van der Waals surface area contributed by atoms with Crippen LogP contribution in [0.4, 0.5) is 15.8 Å². The molecule has 1 N–H and O–H groups in total. The molecule has 6 heteroatoms. The van der Waals surface area contributed by atoms with E-state index >= 15 is 0 Å². The van der Waals surface area contributed by atoms with E-state index in [1.54, 1.807) is 24.3 Å². The molecule has 1 aliphatic heterocycles. The van der Waals surface area contributed by atoms with E-state index in [1.807, 2.05) is 12.1 Å². The minimum absolute atomic E-state index is 0.199. The Balaban J connectivity index is 2.08. The molecule has 1 heterocycles. The van der Waals surface area contributed by atoms with Crippen molar-refractivity contribution < 1.29 is 18.7 Å². The summed E-state index contributed by atoms with van der Waals surface area (Å²) in [5, 5.41) is 3.25. The second-order valence-electron chi connectivity index (χ2n) is 5.13. The lowest BCUT2D eigenvalue weighted by Gasteiger charge is -2.40. The molecule has 1 amide bonds. The van der Waals surface area contributed by atoms with Gasteiger partial charge in [0.25, 0.3) is 5.91 Å². The lowest BCUT2D eigenvalue weighted by molar-refractivity contribution is -0.111. The SMILES string of the molecule is COC(OC)[C@@H]1Nc2ccccc2C(=O)N1c1ccc(F)cc1. The first-order valence-electron chi connectivity index (χ1n) is 7.16. The molecule has 0 fully saturated rings. The van der Waals surface area contributed by atoms with Gasteiger partial charge in [0.1, 0.15) is 5.82 Å². The van der Waals surface area contributed by atoms with Crippen LogP contribution in [-0.2, 0) is 9.47 Å². The lowest BCUT2D eigenvalue weighted by atomic mass is 10.1. The molecular weight excluding hydrogens is 299 g/mol. The molecule has 0 saturated heterocycles. The number of carbonyl (C=O) groups is 1.